The lowest BCUT2D eigenvalue weighted by atomic mass is 10.3. The van der Waals surface area contributed by atoms with Crippen molar-refractivity contribution in [3.05, 3.63) is 12.0 Å². The molecule has 0 aromatic carbocycles. The molecule has 0 heterocycles. The van der Waals surface area contributed by atoms with Gasteiger partial charge in [-0.25, -0.2) is 8.42 Å². The fourth-order valence-electron chi connectivity index (χ4n) is 0.962. The Morgan fingerprint density at radius 2 is 2.19 bits per heavy atom. The van der Waals surface area contributed by atoms with Gasteiger partial charge in [0.05, 0.1) is 5.75 Å². The van der Waals surface area contributed by atoms with E-state index in [0.717, 1.165) is 18.5 Å². The molecular formula is C10H19NO4S. The van der Waals surface area contributed by atoms with Crippen LogP contribution in [0.15, 0.2) is 12.0 Å². The minimum Gasteiger partial charge on any atom is -0.465 e. The first-order valence-corrected chi connectivity index (χ1v) is 6.95. The van der Waals surface area contributed by atoms with E-state index in [1.807, 2.05) is 6.92 Å². The molecule has 0 aliphatic heterocycles. The Kier molecular flexibility index (Phi) is 7.84. The zero-order valence-corrected chi connectivity index (χ0v) is 10.4. The number of ether oxygens (including phenoxy) is 1. The number of rotatable bonds is 9. The second kappa shape index (κ2) is 8.29. The van der Waals surface area contributed by atoms with E-state index in [9.17, 15) is 13.2 Å². The maximum atomic E-state index is 11.1. The van der Waals surface area contributed by atoms with Crippen LogP contribution in [0.1, 0.15) is 19.8 Å². The quantitative estimate of drug-likeness (QED) is 0.475. The van der Waals surface area contributed by atoms with Gasteiger partial charge in [-0.05, 0) is 19.5 Å². The van der Waals surface area contributed by atoms with Crippen LogP contribution in [0.3, 0.4) is 0 Å². The molecule has 0 aromatic heterocycles. The molecule has 0 saturated carbocycles. The molecule has 5 nitrogen and oxygen atoms in total. The second-order valence-corrected chi connectivity index (χ2v) is 5.28. The van der Waals surface area contributed by atoms with Gasteiger partial charge in [-0.15, -0.1) is 0 Å². The van der Waals surface area contributed by atoms with Gasteiger partial charge >= 0.3 is 5.97 Å². The van der Waals surface area contributed by atoms with Gasteiger partial charge in [-0.2, -0.15) is 0 Å². The van der Waals surface area contributed by atoms with Gasteiger partial charge in [0.25, 0.3) is 0 Å². The first-order valence-electron chi connectivity index (χ1n) is 5.23. The van der Waals surface area contributed by atoms with E-state index in [4.69, 9.17) is 4.74 Å². The second-order valence-electron chi connectivity index (χ2n) is 3.21. The summed E-state index contributed by atoms with van der Waals surface area (Å²) in [7, 11) is -3.27. The Hall–Kier alpha value is -0.880. The molecule has 0 spiro atoms. The minimum absolute atomic E-state index is 0.103. The monoisotopic (exact) mass is 249 g/mol. The van der Waals surface area contributed by atoms with Gasteiger partial charge in [0.2, 0.25) is 0 Å². The Balaban J connectivity index is 3.55. The molecule has 0 radical (unpaired) electrons. The van der Waals surface area contributed by atoms with E-state index in [-0.39, 0.29) is 18.3 Å². The topological polar surface area (TPSA) is 72.5 Å². The number of sulfone groups is 1. The van der Waals surface area contributed by atoms with Crippen molar-refractivity contribution in [1.82, 2.24) is 5.32 Å². The molecule has 6 heteroatoms. The average molecular weight is 249 g/mol. The lowest BCUT2D eigenvalue weighted by Gasteiger charge is -2.04. The molecule has 0 amide bonds. The summed E-state index contributed by atoms with van der Waals surface area (Å²) < 4.78 is 26.7. The molecule has 0 rings (SSSR count). The smallest absolute Gasteiger partial charge is 0.305 e. The highest BCUT2D eigenvalue weighted by molar-refractivity contribution is 7.94. The van der Waals surface area contributed by atoms with Crippen molar-refractivity contribution in [2.24, 2.45) is 0 Å². The van der Waals surface area contributed by atoms with Crippen molar-refractivity contribution in [3.8, 4) is 0 Å². The van der Waals surface area contributed by atoms with Gasteiger partial charge in [0.1, 0.15) is 6.61 Å². The van der Waals surface area contributed by atoms with Gasteiger partial charge in [0, 0.05) is 11.8 Å². The van der Waals surface area contributed by atoms with E-state index in [1.54, 1.807) is 0 Å². The van der Waals surface area contributed by atoms with Crippen LogP contribution in [0.25, 0.3) is 0 Å². The molecule has 0 atom stereocenters. The van der Waals surface area contributed by atoms with Crippen LogP contribution in [0.4, 0.5) is 0 Å². The number of nitrogens with one attached hydrogen (secondary N) is 1. The largest absolute Gasteiger partial charge is 0.465 e. The van der Waals surface area contributed by atoms with Gasteiger partial charge in [0.15, 0.2) is 9.84 Å². The Morgan fingerprint density at radius 3 is 2.75 bits per heavy atom. The maximum absolute atomic E-state index is 11.1. The third kappa shape index (κ3) is 8.43. The highest BCUT2D eigenvalue weighted by atomic mass is 32.2. The highest BCUT2D eigenvalue weighted by Gasteiger charge is 2.07. The van der Waals surface area contributed by atoms with Gasteiger partial charge in [-0.3, -0.25) is 4.79 Å². The van der Waals surface area contributed by atoms with Crippen molar-refractivity contribution in [1.29, 1.82) is 0 Å². The SMILES string of the molecule is C=CS(=O)(=O)CCOC(=O)CCCNCC. The van der Waals surface area contributed by atoms with E-state index in [2.05, 4.69) is 11.9 Å². The zero-order chi connectivity index (χ0) is 12.4. The summed E-state index contributed by atoms with van der Waals surface area (Å²) in [5, 5.41) is 3.94. The number of esters is 1. The van der Waals surface area contributed by atoms with Crippen LogP contribution >= 0.6 is 0 Å². The van der Waals surface area contributed by atoms with E-state index in [1.165, 1.54) is 0 Å². The molecule has 0 aromatic rings. The molecule has 0 saturated heterocycles. The molecule has 94 valence electrons. The van der Waals surface area contributed by atoms with Gasteiger partial charge < -0.3 is 10.1 Å². The van der Waals surface area contributed by atoms with E-state index < -0.39 is 9.84 Å². The minimum atomic E-state index is -3.27. The molecular weight excluding hydrogens is 230 g/mol. The number of carbonyl (C=O) groups is 1. The fraction of sp³-hybridized carbons (Fsp3) is 0.700. The standard InChI is InChI=1S/C10H19NO4S/c1-3-11-7-5-6-10(12)15-8-9-16(13,14)4-2/h4,11H,2-3,5-9H2,1H3. The number of hydrogen-bond acceptors (Lipinski definition) is 5. The van der Waals surface area contributed by atoms with Crippen molar-refractivity contribution < 1.29 is 17.9 Å². The zero-order valence-electron chi connectivity index (χ0n) is 9.57. The van der Waals surface area contributed by atoms with Crippen molar-refractivity contribution in [3.63, 3.8) is 0 Å². The highest BCUT2D eigenvalue weighted by Crippen LogP contribution is 1.95. The van der Waals surface area contributed by atoms with Crippen molar-refractivity contribution in [2.75, 3.05) is 25.4 Å². The summed E-state index contributed by atoms with van der Waals surface area (Å²) in [5.41, 5.74) is 0. The maximum Gasteiger partial charge on any atom is 0.305 e. The molecule has 0 fully saturated rings. The van der Waals surface area contributed by atoms with E-state index in [0.29, 0.717) is 12.8 Å². The van der Waals surface area contributed by atoms with Gasteiger partial charge in [-0.1, -0.05) is 13.5 Å². The normalized spacial score (nSPS) is 11.1. The Labute approximate surface area is 96.8 Å². The van der Waals surface area contributed by atoms with Crippen LogP contribution in [0, 0.1) is 0 Å². The number of hydrogen-bond donors (Lipinski definition) is 1. The molecule has 16 heavy (non-hydrogen) atoms. The third-order valence-electron chi connectivity index (χ3n) is 1.87. The van der Waals surface area contributed by atoms with Crippen LogP contribution in [0.2, 0.25) is 0 Å². The lowest BCUT2D eigenvalue weighted by Crippen LogP contribution is -2.17. The molecule has 1 N–H and O–H groups in total. The predicted octanol–water partition coefficient (Wildman–Crippen LogP) is 0.478. The van der Waals surface area contributed by atoms with Crippen LogP contribution in [-0.2, 0) is 19.4 Å². The molecule has 0 aliphatic carbocycles. The predicted molar refractivity (Wildman–Crippen MR) is 62.7 cm³/mol. The third-order valence-corrected chi connectivity index (χ3v) is 3.11. The number of carbonyl (C=O) groups excluding carboxylic acids is 1. The Morgan fingerprint density at radius 1 is 1.50 bits per heavy atom. The Bertz CT molecular complexity index is 311. The summed E-state index contributed by atoms with van der Waals surface area (Å²) in [5.74, 6) is -0.563. The summed E-state index contributed by atoms with van der Waals surface area (Å²) >= 11 is 0. The molecule has 0 bridgehead atoms. The average Bonchev–Trinajstić information content (AvgIpc) is 2.24. The van der Waals surface area contributed by atoms with Crippen LogP contribution in [-0.4, -0.2) is 39.8 Å². The summed E-state index contributed by atoms with van der Waals surface area (Å²) in [6.45, 7) is 6.67. The van der Waals surface area contributed by atoms with Crippen molar-refractivity contribution >= 4 is 15.8 Å². The summed E-state index contributed by atoms with van der Waals surface area (Å²) in [6.07, 6.45) is 1.00. The van der Waals surface area contributed by atoms with E-state index >= 15 is 0 Å². The first-order chi connectivity index (χ1) is 7.52. The summed E-state index contributed by atoms with van der Waals surface area (Å²) in [6, 6.07) is 0. The fourth-order valence-corrected chi connectivity index (χ4v) is 1.44. The van der Waals surface area contributed by atoms with Crippen molar-refractivity contribution in [2.45, 2.75) is 19.8 Å². The molecule has 0 unspecified atom stereocenters. The molecule has 0 aliphatic rings. The summed E-state index contributed by atoms with van der Waals surface area (Å²) in [4.78, 5) is 11.1. The first kappa shape index (κ1) is 15.1. The van der Waals surface area contributed by atoms with Crippen LogP contribution < -0.4 is 5.32 Å². The van der Waals surface area contributed by atoms with Crippen LogP contribution in [0.5, 0.6) is 0 Å². The lowest BCUT2D eigenvalue weighted by molar-refractivity contribution is -0.143.